The Labute approximate surface area is 132 Å². The number of hydrogen-bond donors (Lipinski definition) is 2. The third kappa shape index (κ3) is 4.01. The second kappa shape index (κ2) is 7.14. The van der Waals surface area contributed by atoms with Crippen LogP contribution in [0.15, 0.2) is 24.5 Å². The fourth-order valence-corrected chi connectivity index (χ4v) is 2.53. The van der Waals surface area contributed by atoms with E-state index in [2.05, 4.69) is 31.1 Å². The molecule has 1 aromatic carbocycles. The predicted octanol–water partition coefficient (Wildman–Crippen LogP) is 1.02. The molecule has 3 rings (SSSR count). The smallest absolute Gasteiger partial charge is 0.319 e. The summed E-state index contributed by atoms with van der Waals surface area (Å²) < 4.78 is 15.2. The van der Waals surface area contributed by atoms with Crippen molar-refractivity contribution >= 4 is 11.7 Å². The van der Waals surface area contributed by atoms with E-state index in [0.717, 1.165) is 19.6 Å². The molecule has 8 nitrogen and oxygen atoms in total. The summed E-state index contributed by atoms with van der Waals surface area (Å²) in [6.45, 7) is 3.48. The van der Waals surface area contributed by atoms with Crippen molar-refractivity contribution in [2.75, 3.05) is 31.5 Å². The van der Waals surface area contributed by atoms with Crippen LogP contribution in [0.4, 0.5) is 14.9 Å². The molecule has 1 fully saturated rings. The second-order valence-corrected chi connectivity index (χ2v) is 5.35. The van der Waals surface area contributed by atoms with Gasteiger partial charge in [-0.25, -0.2) is 13.9 Å². The van der Waals surface area contributed by atoms with Gasteiger partial charge in [-0.1, -0.05) is 0 Å². The van der Waals surface area contributed by atoms with Gasteiger partial charge in [0, 0.05) is 13.1 Å². The summed E-state index contributed by atoms with van der Waals surface area (Å²) in [6.07, 6.45) is 3.82. The van der Waals surface area contributed by atoms with Gasteiger partial charge < -0.3 is 15.5 Å². The molecule has 0 atom stereocenters. The number of amides is 2. The molecule has 0 aliphatic carbocycles. The number of likely N-dealkylation sites (tertiary alicyclic amines) is 1. The van der Waals surface area contributed by atoms with E-state index in [1.165, 1.54) is 42.0 Å². The van der Waals surface area contributed by atoms with E-state index >= 15 is 0 Å². The van der Waals surface area contributed by atoms with Gasteiger partial charge >= 0.3 is 6.03 Å². The van der Waals surface area contributed by atoms with Gasteiger partial charge in [-0.05, 0) is 54.6 Å². The number of tetrazole rings is 1. The first-order chi connectivity index (χ1) is 11.2. The Morgan fingerprint density at radius 2 is 2.13 bits per heavy atom. The Hall–Kier alpha value is -2.55. The van der Waals surface area contributed by atoms with Crippen LogP contribution in [0.25, 0.3) is 5.69 Å². The Bertz CT molecular complexity index is 655. The van der Waals surface area contributed by atoms with Gasteiger partial charge in [0.2, 0.25) is 0 Å². The van der Waals surface area contributed by atoms with Crippen LogP contribution < -0.4 is 10.6 Å². The maximum atomic E-state index is 13.8. The molecule has 2 heterocycles. The number of nitrogens with zero attached hydrogens (tertiary/aromatic N) is 5. The minimum Gasteiger partial charge on any atom is -0.337 e. The fraction of sp³-hybridized carbons (Fsp3) is 0.429. The van der Waals surface area contributed by atoms with E-state index in [4.69, 9.17) is 0 Å². The van der Waals surface area contributed by atoms with E-state index in [-0.39, 0.29) is 5.69 Å². The molecule has 0 saturated carbocycles. The largest absolute Gasteiger partial charge is 0.337 e. The highest BCUT2D eigenvalue weighted by molar-refractivity contribution is 5.89. The summed E-state index contributed by atoms with van der Waals surface area (Å²) in [7, 11) is 0. The lowest BCUT2D eigenvalue weighted by molar-refractivity contribution is 0.249. The van der Waals surface area contributed by atoms with Crippen LogP contribution in [-0.4, -0.2) is 57.3 Å². The number of benzene rings is 1. The minimum atomic E-state index is -0.517. The monoisotopic (exact) mass is 319 g/mol. The average Bonchev–Trinajstić information content (AvgIpc) is 3.22. The Kier molecular flexibility index (Phi) is 4.77. The standard InChI is InChI=1S/C14H18FN7O/c15-12-4-3-11(22-10-17-19-20-22)9-13(12)18-14(23)16-5-8-21-6-1-2-7-21/h3-4,9-10H,1-2,5-8H2,(H2,16,18,23). The molecule has 0 bridgehead atoms. The number of halogens is 1. The molecule has 1 saturated heterocycles. The van der Waals surface area contributed by atoms with Crippen LogP contribution >= 0.6 is 0 Å². The molecule has 0 radical (unpaired) electrons. The maximum Gasteiger partial charge on any atom is 0.319 e. The van der Waals surface area contributed by atoms with Crippen molar-refractivity contribution in [3.05, 3.63) is 30.3 Å². The van der Waals surface area contributed by atoms with Crippen LogP contribution in [0.1, 0.15) is 12.8 Å². The molecular weight excluding hydrogens is 301 g/mol. The van der Waals surface area contributed by atoms with Crippen molar-refractivity contribution in [1.82, 2.24) is 30.4 Å². The van der Waals surface area contributed by atoms with Crippen molar-refractivity contribution in [3.8, 4) is 5.69 Å². The highest BCUT2D eigenvalue weighted by Gasteiger charge is 2.12. The molecule has 9 heteroatoms. The third-order valence-corrected chi connectivity index (χ3v) is 3.72. The van der Waals surface area contributed by atoms with Gasteiger partial charge in [0.25, 0.3) is 0 Å². The maximum absolute atomic E-state index is 13.8. The molecule has 0 spiro atoms. The molecule has 0 unspecified atom stereocenters. The summed E-state index contributed by atoms with van der Waals surface area (Å²) in [5, 5.41) is 16.0. The van der Waals surface area contributed by atoms with Gasteiger partial charge in [-0.2, -0.15) is 0 Å². The van der Waals surface area contributed by atoms with Crippen LogP contribution in [-0.2, 0) is 0 Å². The lowest BCUT2D eigenvalue weighted by Crippen LogP contribution is -2.36. The molecule has 122 valence electrons. The van der Waals surface area contributed by atoms with Crippen LogP contribution in [0.3, 0.4) is 0 Å². The van der Waals surface area contributed by atoms with E-state index < -0.39 is 11.8 Å². The van der Waals surface area contributed by atoms with Gasteiger partial charge in [0.1, 0.15) is 12.1 Å². The van der Waals surface area contributed by atoms with Crippen LogP contribution in [0.2, 0.25) is 0 Å². The number of anilines is 1. The first-order valence-electron chi connectivity index (χ1n) is 7.52. The zero-order valence-electron chi connectivity index (χ0n) is 12.6. The number of nitrogens with one attached hydrogen (secondary N) is 2. The zero-order valence-corrected chi connectivity index (χ0v) is 12.6. The minimum absolute atomic E-state index is 0.0803. The van der Waals surface area contributed by atoms with Crippen LogP contribution in [0, 0.1) is 5.82 Å². The third-order valence-electron chi connectivity index (χ3n) is 3.72. The SMILES string of the molecule is O=C(NCCN1CCCC1)Nc1cc(-n2cnnn2)ccc1F. The summed E-state index contributed by atoms with van der Waals surface area (Å²) in [5.41, 5.74) is 0.639. The first-order valence-corrected chi connectivity index (χ1v) is 7.52. The van der Waals surface area contributed by atoms with E-state index in [0.29, 0.717) is 12.2 Å². The van der Waals surface area contributed by atoms with E-state index in [9.17, 15) is 9.18 Å². The normalized spacial score (nSPS) is 14.8. The van der Waals surface area contributed by atoms with E-state index in [1.54, 1.807) is 0 Å². The van der Waals surface area contributed by atoms with Crippen molar-refractivity contribution in [2.45, 2.75) is 12.8 Å². The lowest BCUT2D eigenvalue weighted by Gasteiger charge is -2.15. The zero-order chi connectivity index (χ0) is 16.1. The van der Waals surface area contributed by atoms with Gasteiger partial charge in [0.05, 0.1) is 11.4 Å². The summed E-state index contributed by atoms with van der Waals surface area (Å²) in [4.78, 5) is 14.2. The number of urea groups is 1. The van der Waals surface area contributed by atoms with Gasteiger partial charge in [-0.3, -0.25) is 0 Å². The Balaban J connectivity index is 1.56. The molecule has 1 aliphatic rings. The Morgan fingerprint density at radius 1 is 1.30 bits per heavy atom. The predicted molar refractivity (Wildman–Crippen MR) is 81.8 cm³/mol. The van der Waals surface area contributed by atoms with E-state index in [1.807, 2.05) is 0 Å². The van der Waals surface area contributed by atoms with Crippen molar-refractivity contribution in [3.63, 3.8) is 0 Å². The highest BCUT2D eigenvalue weighted by atomic mass is 19.1. The van der Waals surface area contributed by atoms with Gasteiger partial charge in [-0.15, -0.1) is 5.10 Å². The summed E-state index contributed by atoms with van der Waals surface area (Å²) in [6, 6.07) is 3.84. The van der Waals surface area contributed by atoms with Gasteiger partial charge in [0.15, 0.2) is 0 Å². The van der Waals surface area contributed by atoms with Crippen LogP contribution in [0.5, 0.6) is 0 Å². The summed E-state index contributed by atoms with van der Waals surface area (Å²) >= 11 is 0. The second-order valence-electron chi connectivity index (χ2n) is 5.35. The molecule has 2 aromatic rings. The molecule has 23 heavy (non-hydrogen) atoms. The highest BCUT2D eigenvalue weighted by Crippen LogP contribution is 2.18. The number of hydrogen-bond acceptors (Lipinski definition) is 5. The molecule has 2 N–H and O–H groups in total. The quantitative estimate of drug-likeness (QED) is 0.859. The van der Waals surface area contributed by atoms with Crippen molar-refractivity contribution < 1.29 is 9.18 Å². The van der Waals surface area contributed by atoms with Crippen molar-refractivity contribution in [1.29, 1.82) is 0 Å². The number of rotatable bonds is 5. The Morgan fingerprint density at radius 3 is 2.87 bits per heavy atom. The molecular formula is C14H18FN7O. The molecule has 1 aromatic heterocycles. The van der Waals surface area contributed by atoms with Crippen molar-refractivity contribution in [2.24, 2.45) is 0 Å². The first kappa shape index (κ1) is 15.3. The fourth-order valence-electron chi connectivity index (χ4n) is 2.53. The number of carbonyl (C=O) groups is 1. The molecule has 2 amide bonds. The lowest BCUT2D eigenvalue weighted by atomic mass is 10.2. The average molecular weight is 319 g/mol. The summed E-state index contributed by atoms with van der Waals surface area (Å²) in [5.74, 6) is -0.517. The molecule has 1 aliphatic heterocycles. The number of aromatic nitrogens is 4. The topological polar surface area (TPSA) is 88.0 Å². The number of carbonyl (C=O) groups excluding carboxylic acids is 1.